The van der Waals surface area contributed by atoms with Crippen LogP contribution in [-0.2, 0) is 22.0 Å². The second kappa shape index (κ2) is 4.94. The van der Waals surface area contributed by atoms with Crippen molar-refractivity contribution in [2.24, 2.45) is 0 Å². The molecular weight excluding hydrogens is 243 g/mol. The van der Waals surface area contributed by atoms with E-state index in [-0.39, 0.29) is 11.6 Å². The van der Waals surface area contributed by atoms with Crippen LogP contribution in [0.5, 0.6) is 0 Å². The Morgan fingerprint density at radius 2 is 2.27 bits per heavy atom. The lowest BCUT2D eigenvalue weighted by atomic mass is 10.3. The van der Waals surface area contributed by atoms with E-state index in [2.05, 4.69) is 4.98 Å². The maximum Gasteiger partial charge on any atom is 0.280 e. The third-order valence-electron chi connectivity index (χ3n) is 1.89. The van der Waals surface area contributed by atoms with Crippen LogP contribution in [0.4, 0.5) is 4.39 Å². The molecule has 1 rings (SSSR count). The minimum atomic E-state index is -3.82. The molecule has 0 atom stereocenters. The average molecular weight is 255 g/mol. The molecule has 15 heavy (non-hydrogen) atoms. The van der Waals surface area contributed by atoms with Crippen molar-refractivity contribution in [1.82, 2.24) is 9.55 Å². The fourth-order valence-electron chi connectivity index (χ4n) is 1.25. The summed E-state index contributed by atoms with van der Waals surface area (Å²) in [5.74, 6) is 0.550. The fourth-order valence-corrected chi connectivity index (χ4v) is 1.94. The van der Waals surface area contributed by atoms with E-state index in [1.165, 1.54) is 10.8 Å². The van der Waals surface area contributed by atoms with Crippen LogP contribution in [0.3, 0.4) is 0 Å². The van der Waals surface area contributed by atoms with Gasteiger partial charge in [0.25, 0.3) is 9.05 Å². The highest BCUT2D eigenvalue weighted by atomic mass is 35.7. The molecule has 0 aliphatic carbocycles. The van der Waals surface area contributed by atoms with Gasteiger partial charge in [-0.3, -0.25) is 0 Å². The van der Waals surface area contributed by atoms with E-state index in [1.807, 2.05) is 6.92 Å². The van der Waals surface area contributed by atoms with Crippen molar-refractivity contribution in [2.45, 2.75) is 31.3 Å². The van der Waals surface area contributed by atoms with Gasteiger partial charge in [0.1, 0.15) is 12.5 Å². The molecule has 0 saturated heterocycles. The largest absolute Gasteiger partial charge is 0.331 e. The van der Waals surface area contributed by atoms with Crippen LogP contribution in [0.2, 0.25) is 0 Å². The van der Waals surface area contributed by atoms with Gasteiger partial charge in [0.05, 0.1) is 6.54 Å². The van der Waals surface area contributed by atoms with Crippen LogP contribution in [0.15, 0.2) is 11.2 Å². The van der Waals surface area contributed by atoms with E-state index in [0.29, 0.717) is 12.2 Å². The van der Waals surface area contributed by atoms with E-state index in [9.17, 15) is 12.8 Å². The van der Waals surface area contributed by atoms with Crippen molar-refractivity contribution in [1.29, 1.82) is 0 Å². The molecule has 1 aromatic rings. The van der Waals surface area contributed by atoms with Crippen molar-refractivity contribution in [3.8, 4) is 0 Å². The van der Waals surface area contributed by atoms with Gasteiger partial charge in [-0.25, -0.2) is 17.8 Å². The Kier molecular flexibility index (Phi) is 4.10. The Hall–Kier alpha value is -0.620. The quantitative estimate of drug-likeness (QED) is 0.752. The predicted molar refractivity (Wildman–Crippen MR) is 55.2 cm³/mol. The molecule has 4 nitrogen and oxygen atoms in total. The van der Waals surface area contributed by atoms with Crippen LogP contribution in [0.1, 0.15) is 19.2 Å². The fraction of sp³-hybridized carbons (Fsp3) is 0.625. The molecule has 0 bridgehead atoms. The smallest absolute Gasteiger partial charge is 0.280 e. The molecule has 0 aliphatic heterocycles. The van der Waals surface area contributed by atoms with Crippen LogP contribution in [0.25, 0.3) is 0 Å². The first-order valence-corrected chi connectivity index (χ1v) is 6.86. The monoisotopic (exact) mass is 254 g/mol. The van der Waals surface area contributed by atoms with E-state index in [4.69, 9.17) is 10.7 Å². The highest BCUT2D eigenvalue weighted by molar-refractivity contribution is 8.13. The summed E-state index contributed by atoms with van der Waals surface area (Å²) in [5.41, 5.74) is 0. The maximum absolute atomic E-state index is 12.2. The molecule has 0 aliphatic rings. The number of imidazole rings is 1. The highest BCUT2D eigenvalue weighted by Gasteiger charge is 2.17. The molecule has 0 radical (unpaired) electrons. The molecule has 0 aromatic carbocycles. The Morgan fingerprint density at radius 1 is 1.60 bits per heavy atom. The lowest BCUT2D eigenvalue weighted by Gasteiger charge is -2.02. The first-order chi connectivity index (χ1) is 6.99. The molecule has 7 heteroatoms. The molecule has 86 valence electrons. The zero-order valence-corrected chi connectivity index (χ0v) is 9.85. The molecule has 1 heterocycles. The van der Waals surface area contributed by atoms with Crippen molar-refractivity contribution >= 4 is 19.7 Å². The molecule has 0 spiro atoms. The van der Waals surface area contributed by atoms with Crippen molar-refractivity contribution in [3.05, 3.63) is 12.0 Å². The van der Waals surface area contributed by atoms with Gasteiger partial charge < -0.3 is 4.57 Å². The first kappa shape index (κ1) is 12.4. The summed E-state index contributed by atoms with van der Waals surface area (Å²) in [6.07, 6.45) is 2.68. The van der Waals surface area contributed by atoms with Crippen molar-refractivity contribution < 1.29 is 12.8 Å². The summed E-state index contributed by atoms with van der Waals surface area (Å²) in [6, 6.07) is 0. The predicted octanol–water partition coefficient (Wildman–Crippen LogP) is 1.73. The van der Waals surface area contributed by atoms with Gasteiger partial charge in [0.15, 0.2) is 5.03 Å². The second-order valence-electron chi connectivity index (χ2n) is 3.07. The molecule has 0 fully saturated rings. The normalized spacial score (nSPS) is 11.9. The molecule has 0 saturated carbocycles. The summed E-state index contributed by atoms with van der Waals surface area (Å²) in [7, 11) is 1.32. The number of hydrogen-bond donors (Lipinski definition) is 0. The lowest BCUT2D eigenvalue weighted by molar-refractivity contribution is 0.438. The van der Waals surface area contributed by atoms with E-state index in [1.54, 1.807) is 0 Å². The van der Waals surface area contributed by atoms with Gasteiger partial charge in [-0.2, -0.15) is 0 Å². The second-order valence-corrected chi connectivity index (χ2v) is 5.58. The third-order valence-corrected chi connectivity index (χ3v) is 3.06. The van der Waals surface area contributed by atoms with Gasteiger partial charge in [0.2, 0.25) is 0 Å². The number of aryl methyl sites for hydroxylation is 2. The first-order valence-electron chi connectivity index (χ1n) is 4.55. The van der Waals surface area contributed by atoms with Crippen LogP contribution in [0, 0.1) is 0 Å². The van der Waals surface area contributed by atoms with Gasteiger partial charge in [0, 0.05) is 23.3 Å². The number of halogens is 2. The summed E-state index contributed by atoms with van der Waals surface area (Å²) in [4.78, 5) is 3.87. The van der Waals surface area contributed by atoms with Crippen LogP contribution < -0.4 is 0 Å². The minimum absolute atomic E-state index is 0.106. The molecule has 0 unspecified atom stereocenters. The lowest BCUT2D eigenvalue weighted by Crippen LogP contribution is -2.03. The summed E-state index contributed by atoms with van der Waals surface area (Å²) in [6.45, 7) is 1.48. The standard InChI is InChI=1S/C8H12ClFN2O2S/c1-2-3-7-11-8(15(9,13)14)6-12(7)5-4-10/h6H,2-5H2,1H3. The van der Waals surface area contributed by atoms with Gasteiger partial charge in [-0.05, 0) is 6.42 Å². The van der Waals surface area contributed by atoms with Gasteiger partial charge in [-0.15, -0.1) is 0 Å². The molecule has 0 N–H and O–H groups in total. The molecular formula is C8H12ClFN2O2S. The number of rotatable bonds is 5. The highest BCUT2D eigenvalue weighted by Crippen LogP contribution is 2.15. The number of nitrogens with zero attached hydrogens (tertiary/aromatic N) is 2. The molecule has 0 amide bonds. The minimum Gasteiger partial charge on any atom is -0.331 e. The Labute approximate surface area is 92.5 Å². The summed E-state index contributed by atoms with van der Waals surface area (Å²) >= 11 is 0. The zero-order chi connectivity index (χ0) is 11.5. The maximum atomic E-state index is 12.2. The van der Waals surface area contributed by atoms with Crippen molar-refractivity contribution in [2.75, 3.05) is 6.67 Å². The Bertz CT molecular complexity index is 406. The Morgan fingerprint density at radius 3 is 2.73 bits per heavy atom. The summed E-state index contributed by atoms with van der Waals surface area (Å²) < 4.78 is 35.7. The number of hydrogen-bond acceptors (Lipinski definition) is 3. The van der Waals surface area contributed by atoms with E-state index >= 15 is 0 Å². The topological polar surface area (TPSA) is 52.0 Å². The number of aromatic nitrogens is 2. The average Bonchev–Trinajstić information content (AvgIpc) is 2.50. The zero-order valence-electron chi connectivity index (χ0n) is 8.28. The van der Waals surface area contributed by atoms with Gasteiger partial charge in [-0.1, -0.05) is 6.92 Å². The number of alkyl halides is 1. The van der Waals surface area contributed by atoms with Crippen LogP contribution in [-0.4, -0.2) is 24.6 Å². The SMILES string of the molecule is CCCc1nc(S(=O)(=O)Cl)cn1CCF. The summed E-state index contributed by atoms with van der Waals surface area (Å²) in [5, 5.41) is -0.207. The van der Waals surface area contributed by atoms with Crippen molar-refractivity contribution in [3.63, 3.8) is 0 Å². The van der Waals surface area contributed by atoms with E-state index < -0.39 is 15.7 Å². The van der Waals surface area contributed by atoms with E-state index in [0.717, 1.165) is 6.42 Å². The van der Waals surface area contributed by atoms with Crippen LogP contribution >= 0.6 is 10.7 Å². The Balaban J connectivity index is 3.09. The van der Waals surface area contributed by atoms with Gasteiger partial charge >= 0.3 is 0 Å². The molecule has 1 aromatic heterocycles. The third kappa shape index (κ3) is 3.17.